The largest absolute Gasteiger partial charge is 0.417 e. The Morgan fingerprint density at radius 3 is 1.11 bits per heavy atom. The van der Waals surface area contributed by atoms with Crippen molar-refractivity contribution in [3.05, 3.63) is 0 Å². The molecule has 0 spiro atoms. The Morgan fingerprint density at radius 1 is 0.611 bits per heavy atom. The number of hydrogen-bond acceptors (Lipinski definition) is 2. The molecule has 0 N–H and O–H groups in total. The van der Waals surface area contributed by atoms with Crippen LogP contribution in [-0.2, 0) is 9.47 Å². The normalized spacial score (nSPS) is 20.5. The first kappa shape index (κ1) is 15.3. The van der Waals surface area contributed by atoms with Gasteiger partial charge in [-0.3, -0.25) is 0 Å². The Balaban J connectivity index is 3.46. The van der Waals surface area contributed by atoms with Crippen LogP contribution < -0.4 is 0 Å². The molecule has 11 heteroatoms. The predicted molar refractivity (Wildman–Crippen MR) is 36.3 cm³/mol. The monoisotopic (exact) mass is 292 g/mol. The summed E-state index contributed by atoms with van der Waals surface area (Å²) < 4.78 is 119. The minimum atomic E-state index is -6.65. The highest BCUT2D eigenvalue weighted by molar-refractivity contribution is 5.02. The zero-order valence-electron chi connectivity index (χ0n) is 8.21. The quantitative estimate of drug-likeness (QED) is 0.692. The maximum Gasteiger partial charge on any atom is 0.417 e. The van der Waals surface area contributed by atoms with Crippen LogP contribution in [0.15, 0.2) is 0 Å². The van der Waals surface area contributed by atoms with E-state index in [9.17, 15) is 39.5 Å². The van der Waals surface area contributed by atoms with Crippen molar-refractivity contribution >= 4 is 0 Å². The van der Waals surface area contributed by atoms with Crippen LogP contribution in [-0.4, -0.2) is 38.0 Å². The van der Waals surface area contributed by atoms with Gasteiger partial charge in [-0.1, -0.05) is 0 Å². The lowest BCUT2D eigenvalue weighted by Crippen LogP contribution is -2.66. The minimum Gasteiger partial charge on any atom is -0.349 e. The van der Waals surface area contributed by atoms with Crippen LogP contribution in [0.2, 0.25) is 0 Å². The Morgan fingerprint density at radius 2 is 0.889 bits per heavy atom. The van der Waals surface area contributed by atoms with Gasteiger partial charge in [0.1, 0.15) is 0 Å². The SMILES string of the molecule is FC(F)(F)C(C1OCCO1)(C(F)(F)F)C(F)(F)F. The van der Waals surface area contributed by atoms with Gasteiger partial charge in [0.15, 0.2) is 6.29 Å². The zero-order chi connectivity index (χ0) is 14.4. The molecule has 0 radical (unpaired) electrons. The van der Waals surface area contributed by atoms with Crippen LogP contribution in [0.25, 0.3) is 0 Å². The van der Waals surface area contributed by atoms with E-state index in [2.05, 4.69) is 9.47 Å². The van der Waals surface area contributed by atoms with Crippen molar-refractivity contribution in [1.29, 1.82) is 0 Å². The highest BCUT2D eigenvalue weighted by Gasteiger charge is 2.88. The number of rotatable bonds is 1. The summed E-state index contributed by atoms with van der Waals surface area (Å²) in [6.07, 6.45) is -23.5. The molecule has 108 valence electrons. The topological polar surface area (TPSA) is 18.5 Å². The first-order valence-corrected chi connectivity index (χ1v) is 4.29. The fourth-order valence-corrected chi connectivity index (χ4v) is 1.49. The molecule has 1 rings (SSSR count). The third-order valence-electron chi connectivity index (χ3n) is 2.32. The molecular weight excluding hydrogens is 287 g/mol. The lowest BCUT2D eigenvalue weighted by atomic mass is 9.84. The van der Waals surface area contributed by atoms with Crippen molar-refractivity contribution in [2.45, 2.75) is 24.8 Å². The van der Waals surface area contributed by atoms with Gasteiger partial charge in [0.25, 0.3) is 0 Å². The Hall–Kier alpha value is -0.710. The van der Waals surface area contributed by atoms with Crippen LogP contribution in [0.5, 0.6) is 0 Å². The second-order valence-corrected chi connectivity index (χ2v) is 3.37. The molecule has 0 bridgehead atoms. The summed E-state index contributed by atoms with van der Waals surface area (Å²) in [5.41, 5.74) is -6.05. The maximum absolute atomic E-state index is 12.4. The van der Waals surface area contributed by atoms with E-state index in [1.54, 1.807) is 0 Å². The number of alkyl halides is 9. The molecule has 2 nitrogen and oxygen atoms in total. The fraction of sp³-hybridized carbons (Fsp3) is 1.00. The van der Waals surface area contributed by atoms with Gasteiger partial charge in [-0.25, -0.2) is 0 Å². The molecule has 18 heavy (non-hydrogen) atoms. The van der Waals surface area contributed by atoms with Gasteiger partial charge in [0.05, 0.1) is 13.2 Å². The van der Waals surface area contributed by atoms with E-state index in [-0.39, 0.29) is 0 Å². The van der Waals surface area contributed by atoms with Crippen LogP contribution in [0, 0.1) is 5.41 Å². The molecule has 0 atom stereocenters. The first-order chi connectivity index (χ1) is 7.86. The average molecular weight is 292 g/mol. The van der Waals surface area contributed by atoms with E-state index in [1.807, 2.05) is 0 Å². The van der Waals surface area contributed by atoms with Gasteiger partial charge in [0, 0.05) is 0 Å². The molecule has 0 unspecified atom stereocenters. The van der Waals surface area contributed by atoms with E-state index in [4.69, 9.17) is 0 Å². The van der Waals surface area contributed by atoms with Crippen LogP contribution in [0.3, 0.4) is 0 Å². The smallest absolute Gasteiger partial charge is 0.349 e. The van der Waals surface area contributed by atoms with E-state index in [0.29, 0.717) is 0 Å². The standard InChI is InChI=1S/C7H5F9O2/c8-5(9,10)4(6(11,12)13,7(14,15)16)3-17-1-2-18-3/h3H,1-2H2. The molecule has 1 heterocycles. The molecule has 0 aromatic rings. The lowest BCUT2D eigenvalue weighted by molar-refractivity contribution is -0.467. The molecule has 0 aliphatic carbocycles. The van der Waals surface area contributed by atoms with Crippen molar-refractivity contribution in [3.8, 4) is 0 Å². The summed E-state index contributed by atoms with van der Waals surface area (Å²) in [6.45, 7) is -1.57. The second kappa shape index (κ2) is 4.15. The van der Waals surface area contributed by atoms with Gasteiger partial charge in [-0.05, 0) is 0 Å². The molecule has 0 aromatic heterocycles. The van der Waals surface area contributed by atoms with Gasteiger partial charge < -0.3 is 9.47 Å². The second-order valence-electron chi connectivity index (χ2n) is 3.37. The maximum atomic E-state index is 12.4. The molecule has 1 aliphatic heterocycles. The summed E-state index contributed by atoms with van der Waals surface area (Å²) in [6, 6.07) is 0. The van der Waals surface area contributed by atoms with Crippen molar-refractivity contribution in [3.63, 3.8) is 0 Å². The van der Waals surface area contributed by atoms with Crippen LogP contribution in [0.4, 0.5) is 39.5 Å². The van der Waals surface area contributed by atoms with Gasteiger partial charge in [-0.2, -0.15) is 39.5 Å². The third-order valence-corrected chi connectivity index (χ3v) is 2.32. The van der Waals surface area contributed by atoms with E-state index < -0.39 is 43.4 Å². The van der Waals surface area contributed by atoms with Crippen molar-refractivity contribution in [1.82, 2.24) is 0 Å². The van der Waals surface area contributed by atoms with Crippen molar-refractivity contribution in [2.24, 2.45) is 5.41 Å². The molecule has 0 aromatic carbocycles. The zero-order valence-corrected chi connectivity index (χ0v) is 8.21. The Labute approximate surface area is 93.6 Å². The summed E-state index contributed by atoms with van der Waals surface area (Å²) in [5, 5.41) is 0. The molecule has 0 amide bonds. The highest BCUT2D eigenvalue weighted by Crippen LogP contribution is 2.62. The summed E-state index contributed by atoms with van der Waals surface area (Å²) >= 11 is 0. The number of halogens is 9. The van der Waals surface area contributed by atoms with Crippen molar-refractivity contribution in [2.75, 3.05) is 13.2 Å². The molecular formula is C7H5F9O2. The summed E-state index contributed by atoms with van der Waals surface area (Å²) in [4.78, 5) is 0. The molecule has 1 saturated heterocycles. The summed E-state index contributed by atoms with van der Waals surface area (Å²) in [7, 11) is 0. The highest BCUT2D eigenvalue weighted by atomic mass is 19.4. The molecule has 0 saturated carbocycles. The van der Waals surface area contributed by atoms with Crippen molar-refractivity contribution < 1.29 is 49.0 Å². The van der Waals surface area contributed by atoms with E-state index in [1.165, 1.54) is 0 Å². The fourth-order valence-electron chi connectivity index (χ4n) is 1.49. The lowest BCUT2D eigenvalue weighted by Gasteiger charge is -2.40. The molecule has 1 fully saturated rings. The first-order valence-electron chi connectivity index (χ1n) is 4.29. The van der Waals surface area contributed by atoms with E-state index >= 15 is 0 Å². The van der Waals surface area contributed by atoms with E-state index in [0.717, 1.165) is 0 Å². The Bertz CT molecular complexity index is 259. The van der Waals surface area contributed by atoms with Crippen LogP contribution in [0.1, 0.15) is 0 Å². The van der Waals surface area contributed by atoms with Gasteiger partial charge in [-0.15, -0.1) is 0 Å². The summed E-state index contributed by atoms with van der Waals surface area (Å²) in [5.74, 6) is 0. The average Bonchev–Trinajstić information content (AvgIpc) is 2.48. The number of hydrogen-bond donors (Lipinski definition) is 0. The van der Waals surface area contributed by atoms with Gasteiger partial charge >= 0.3 is 23.9 Å². The van der Waals surface area contributed by atoms with Gasteiger partial charge in [0.2, 0.25) is 0 Å². The predicted octanol–water partition coefficient (Wildman–Crippen LogP) is 3.03. The minimum absolute atomic E-state index is 0.783. The van der Waals surface area contributed by atoms with Crippen LogP contribution >= 0.6 is 0 Å². The Kier molecular flexibility index (Phi) is 3.54. The number of ether oxygens (including phenoxy) is 2. The third kappa shape index (κ3) is 2.02. The molecule has 1 aliphatic rings.